The van der Waals surface area contributed by atoms with Gasteiger partial charge in [0.05, 0.1) is 16.4 Å². The fourth-order valence-corrected chi connectivity index (χ4v) is 3.10. The van der Waals surface area contributed by atoms with Crippen LogP contribution in [-0.4, -0.2) is 16.0 Å². The summed E-state index contributed by atoms with van der Waals surface area (Å²) in [6.07, 6.45) is 2.75. The van der Waals surface area contributed by atoms with Crippen LogP contribution in [0.4, 0.5) is 0 Å². The molecule has 2 N–H and O–H groups in total. The number of aryl methyl sites for hydroxylation is 2. The SMILES string of the molecule is CSc1ccccc1C(N)Cc1c(Cl)c(C)nn1C. The largest absolute Gasteiger partial charge is 0.324 e. The summed E-state index contributed by atoms with van der Waals surface area (Å²) in [5, 5.41) is 5.05. The van der Waals surface area contributed by atoms with E-state index in [2.05, 4.69) is 23.5 Å². The lowest BCUT2D eigenvalue weighted by Gasteiger charge is -2.15. The van der Waals surface area contributed by atoms with Crippen molar-refractivity contribution in [3.8, 4) is 0 Å². The minimum absolute atomic E-state index is 0.0732. The van der Waals surface area contributed by atoms with Crippen molar-refractivity contribution in [2.75, 3.05) is 6.26 Å². The van der Waals surface area contributed by atoms with E-state index in [9.17, 15) is 0 Å². The number of nitrogens with zero attached hydrogens (tertiary/aromatic N) is 2. The molecule has 1 atom stereocenters. The van der Waals surface area contributed by atoms with Crippen LogP contribution < -0.4 is 5.73 Å². The highest BCUT2D eigenvalue weighted by molar-refractivity contribution is 7.98. The van der Waals surface area contributed by atoms with Crippen LogP contribution in [0.25, 0.3) is 0 Å². The lowest BCUT2D eigenvalue weighted by Crippen LogP contribution is -2.16. The van der Waals surface area contributed by atoms with Gasteiger partial charge in [0.1, 0.15) is 0 Å². The molecule has 5 heteroatoms. The van der Waals surface area contributed by atoms with E-state index >= 15 is 0 Å². The number of benzene rings is 1. The molecule has 19 heavy (non-hydrogen) atoms. The average Bonchev–Trinajstić information content (AvgIpc) is 2.65. The van der Waals surface area contributed by atoms with Crippen molar-refractivity contribution in [1.29, 1.82) is 0 Å². The molecule has 102 valence electrons. The molecule has 1 aromatic carbocycles. The molecule has 0 fully saturated rings. The Hall–Kier alpha value is -0.970. The van der Waals surface area contributed by atoms with E-state index in [1.54, 1.807) is 11.8 Å². The standard InChI is InChI=1S/C14H18ClN3S/c1-9-14(15)12(18(2)17-9)8-11(16)10-6-4-5-7-13(10)19-3/h4-7,11H,8,16H2,1-3H3. The normalized spacial score (nSPS) is 12.7. The molecule has 0 saturated heterocycles. The maximum absolute atomic E-state index is 6.34. The molecule has 0 aliphatic carbocycles. The van der Waals surface area contributed by atoms with Crippen LogP contribution in [0.5, 0.6) is 0 Å². The molecule has 0 saturated carbocycles. The van der Waals surface area contributed by atoms with Crippen molar-refractivity contribution < 1.29 is 0 Å². The maximum atomic E-state index is 6.34. The minimum atomic E-state index is -0.0732. The fraction of sp³-hybridized carbons (Fsp3) is 0.357. The zero-order valence-electron chi connectivity index (χ0n) is 11.4. The third-order valence-corrected chi connectivity index (χ3v) is 4.52. The molecule has 0 aliphatic heterocycles. The third-order valence-electron chi connectivity index (χ3n) is 3.21. The fourth-order valence-electron chi connectivity index (χ4n) is 2.19. The van der Waals surface area contributed by atoms with Crippen molar-refractivity contribution in [2.45, 2.75) is 24.3 Å². The van der Waals surface area contributed by atoms with Gasteiger partial charge in [-0.25, -0.2) is 0 Å². The Morgan fingerprint density at radius 1 is 1.42 bits per heavy atom. The van der Waals surface area contributed by atoms with Gasteiger partial charge in [-0.15, -0.1) is 11.8 Å². The summed E-state index contributed by atoms with van der Waals surface area (Å²) in [6, 6.07) is 8.15. The van der Waals surface area contributed by atoms with Crippen LogP contribution in [0.2, 0.25) is 5.02 Å². The topological polar surface area (TPSA) is 43.8 Å². The van der Waals surface area contributed by atoms with Crippen molar-refractivity contribution >= 4 is 23.4 Å². The molecule has 3 nitrogen and oxygen atoms in total. The lowest BCUT2D eigenvalue weighted by molar-refractivity contribution is 0.634. The number of hydrogen-bond acceptors (Lipinski definition) is 3. The minimum Gasteiger partial charge on any atom is -0.324 e. The molecule has 2 aromatic rings. The maximum Gasteiger partial charge on any atom is 0.0847 e. The number of thioether (sulfide) groups is 1. The lowest BCUT2D eigenvalue weighted by atomic mass is 10.0. The Kier molecular flexibility index (Phi) is 4.55. The Balaban J connectivity index is 2.28. The Bertz CT molecular complexity index is 580. The second-order valence-corrected chi connectivity index (χ2v) is 5.75. The van der Waals surface area contributed by atoms with Gasteiger partial charge in [-0.2, -0.15) is 5.10 Å². The molecular formula is C14H18ClN3S. The first kappa shape index (κ1) is 14.4. The van der Waals surface area contributed by atoms with Crippen LogP contribution in [0.1, 0.15) is 23.0 Å². The summed E-state index contributed by atoms with van der Waals surface area (Å²) in [5.74, 6) is 0. The summed E-state index contributed by atoms with van der Waals surface area (Å²) in [5.41, 5.74) is 9.33. The number of nitrogens with two attached hydrogens (primary N) is 1. The van der Waals surface area contributed by atoms with Crippen LogP contribution in [0, 0.1) is 6.92 Å². The predicted molar refractivity (Wildman–Crippen MR) is 81.8 cm³/mol. The van der Waals surface area contributed by atoms with Gasteiger partial charge < -0.3 is 5.73 Å². The molecule has 0 spiro atoms. The van der Waals surface area contributed by atoms with Gasteiger partial charge in [0, 0.05) is 24.4 Å². The Morgan fingerprint density at radius 3 is 2.68 bits per heavy atom. The second kappa shape index (κ2) is 5.99. The second-order valence-electron chi connectivity index (χ2n) is 4.52. The Labute approximate surface area is 123 Å². The van der Waals surface area contributed by atoms with Crippen LogP contribution in [-0.2, 0) is 13.5 Å². The van der Waals surface area contributed by atoms with E-state index in [0.717, 1.165) is 22.0 Å². The van der Waals surface area contributed by atoms with Gasteiger partial charge >= 0.3 is 0 Å². The van der Waals surface area contributed by atoms with E-state index in [1.807, 2.05) is 30.8 Å². The van der Waals surface area contributed by atoms with E-state index in [-0.39, 0.29) is 6.04 Å². The first-order chi connectivity index (χ1) is 9.04. The number of hydrogen-bond donors (Lipinski definition) is 1. The van der Waals surface area contributed by atoms with Crippen molar-refractivity contribution in [3.05, 3.63) is 46.2 Å². The first-order valence-corrected chi connectivity index (χ1v) is 7.71. The molecule has 0 radical (unpaired) electrons. The van der Waals surface area contributed by atoms with Gasteiger partial charge in [-0.3, -0.25) is 4.68 Å². The molecule has 0 amide bonds. The quantitative estimate of drug-likeness (QED) is 0.880. The summed E-state index contributed by atoms with van der Waals surface area (Å²) in [6.45, 7) is 1.91. The summed E-state index contributed by atoms with van der Waals surface area (Å²) in [4.78, 5) is 1.21. The van der Waals surface area contributed by atoms with Gasteiger partial charge in [0.2, 0.25) is 0 Å². The van der Waals surface area contributed by atoms with Gasteiger partial charge in [0.25, 0.3) is 0 Å². The third kappa shape index (κ3) is 2.96. The monoisotopic (exact) mass is 295 g/mol. The van der Waals surface area contributed by atoms with Crippen LogP contribution >= 0.6 is 23.4 Å². The highest BCUT2D eigenvalue weighted by atomic mass is 35.5. The zero-order valence-corrected chi connectivity index (χ0v) is 12.9. The molecule has 1 aromatic heterocycles. The van der Waals surface area contributed by atoms with E-state index in [0.29, 0.717) is 6.42 Å². The van der Waals surface area contributed by atoms with E-state index in [4.69, 9.17) is 17.3 Å². The van der Waals surface area contributed by atoms with Crippen molar-refractivity contribution in [3.63, 3.8) is 0 Å². The van der Waals surface area contributed by atoms with Gasteiger partial charge in [0.15, 0.2) is 0 Å². The van der Waals surface area contributed by atoms with Gasteiger partial charge in [-0.05, 0) is 24.8 Å². The molecule has 0 bridgehead atoms. The van der Waals surface area contributed by atoms with E-state index < -0.39 is 0 Å². The smallest absolute Gasteiger partial charge is 0.0847 e. The highest BCUT2D eigenvalue weighted by Gasteiger charge is 2.17. The van der Waals surface area contributed by atoms with Gasteiger partial charge in [-0.1, -0.05) is 29.8 Å². The zero-order chi connectivity index (χ0) is 14.0. The number of halogens is 1. The summed E-state index contributed by atoms with van der Waals surface area (Å²) >= 11 is 7.99. The molecule has 0 aliphatic rings. The van der Waals surface area contributed by atoms with Crippen molar-refractivity contribution in [2.24, 2.45) is 12.8 Å². The van der Waals surface area contributed by atoms with Crippen molar-refractivity contribution in [1.82, 2.24) is 9.78 Å². The molecule has 1 heterocycles. The molecule has 2 rings (SSSR count). The number of aromatic nitrogens is 2. The van der Waals surface area contributed by atoms with E-state index in [1.165, 1.54) is 4.90 Å². The molecular weight excluding hydrogens is 278 g/mol. The average molecular weight is 296 g/mol. The Morgan fingerprint density at radius 2 is 2.11 bits per heavy atom. The predicted octanol–water partition coefficient (Wildman–Crippen LogP) is 3.35. The van der Waals surface area contributed by atoms with Crippen LogP contribution in [0.3, 0.4) is 0 Å². The van der Waals surface area contributed by atoms with Crippen LogP contribution in [0.15, 0.2) is 29.2 Å². The number of rotatable bonds is 4. The summed E-state index contributed by atoms with van der Waals surface area (Å²) < 4.78 is 1.82. The first-order valence-electron chi connectivity index (χ1n) is 6.11. The summed E-state index contributed by atoms with van der Waals surface area (Å²) in [7, 11) is 1.90. The molecule has 1 unspecified atom stereocenters. The highest BCUT2D eigenvalue weighted by Crippen LogP contribution is 2.29.